The summed E-state index contributed by atoms with van der Waals surface area (Å²) in [5, 5.41) is 8.06. The molecule has 17 heavy (non-hydrogen) atoms. The van der Waals surface area contributed by atoms with E-state index in [4.69, 9.17) is 16.9 Å². The lowest BCUT2D eigenvalue weighted by Gasteiger charge is -2.20. The fraction of sp³-hybridized carbons (Fsp3) is 0.385. The summed E-state index contributed by atoms with van der Waals surface area (Å²) in [6.07, 6.45) is 0. The highest BCUT2D eigenvalue weighted by Crippen LogP contribution is 2.41. The van der Waals surface area contributed by atoms with Crippen LogP contribution in [0.5, 0.6) is 0 Å². The van der Waals surface area contributed by atoms with E-state index in [1.807, 2.05) is 44.2 Å². The SMILES string of the molecule is CC1(C)C(=O)N(CC(Cl)C#N)c2ccccc21. The minimum atomic E-state index is -0.680. The van der Waals surface area contributed by atoms with E-state index in [2.05, 4.69) is 0 Å². The van der Waals surface area contributed by atoms with Gasteiger partial charge >= 0.3 is 0 Å². The van der Waals surface area contributed by atoms with E-state index in [-0.39, 0.29) is 12.5 Å². The predicted molar refractivity (Wildman–Crippen MR) is 67.1 cm³/mol. The fourth-order valence-electron chi connectivity index (χ4n) is 2.18. The zero-order valence-electron chi connectivity index (χ0n) is 9.77. The van der Waals surface area contributed by atoms with Gasteiger partial charge in [-0.1, -0.05) is 18.2 Å². The average molecular weight is 249 g/mol. The highest BCUT2D eigenvalue weighted by atomic mass is 35.5. The molecular formula is C13H13ClN2O. The number of amides is 1. The van der Waals surface area contributed by atoms with Gasteiger partial charge in [0.05, 0.1) is 18.0 Å². The van der Waals surface area contributed by atoms with Gasteiger partial charge in [-0.3, -0.25) is 4.79 Å². The molecule has 3 nitrogen and oxygen atoms in total. The number of nitrogens with zero attached hydrogens (tertiary/aromatic N) is 2. The Morgan fingerprint density at radius 2 is 2.12 bits per heavy atom. The molecule has 0 spiro atoms. The molecule has 1 aromatic rings. The maximum Gasteiger partial charge on any atom is 0.237 e. The first-order valence-corrected chi connectivity index (χ1v) is 5.87. The lowest BCUT2D eigenvalue weighted by atomic mass is 9.86. The molecule has 0 saturated carbocycles. The molecule has 1 atom stereocenters. The quantitative estimate of drug-likeness (QED) is 0.755. The first-order chi connectivity index (χ1) is 7.98. The van der Waals surface area contributed by atoms with E-state index in [9.17, 15) is 4.79 Å². The van der Waals surface area contributed by atoms with Crippen LogP contribution in [0, 0.1) is 11.3 Å². The highest BCUT2D eigenvalue weighted by Gasteiger charge is 2.43. The van der Waals surface area contributed by atoms with E-state index in [1.165, 1.54) is 0 Å². The van der Waals surface area contributed by atoms with Gasteiger partial charge in [-0.15, -0.1) is 11.6 Å². The summed E-state index contributed by atoms with van der Waals surface area (Å²) in [7, 11) is 0. The Kier molecular flexibility index (Phi) is 2.84. The zero-order valence-corrected chi connectivity index (χ0v) is 10.5. The maximum absolute atomic E-state index is 12.3. The molecule has 1 aromatic carbocycles. The summed E-state index contributed by atoms with van der Waals surface area (Å²) < 4.78 is 0. The molecule has 1 unspecified atom stereocenters. The summed E-state index contributed by atoms with van der Waals surface area (Å²) in [4.78, 5) is 13.9. The van der Waals surface area contributed by atoms with E-state index >= 15 is 0 Å². The Morgan fingerprint density at radius 3 is 2.76 bits per heavy atom. The van der Waals surface area contributed by atoms with Crippen LogP contribution in [0.25, 0.3) is 0 Å². The van der Waals surface area contributed by atoms with Crippen molar-refractivity contribution in [3.05, 3.63) is 29.8 Å². The number of benzene rings is 1. The number of hydrogen-bond acceptors (Lipinski definition) is 2. The highest BCUT2D eigenvalue weighted by molar-refractivity contribution is 6.23. The Balaban J connectivity index is 2.44. The molecule has 0 fully saturated rings. The molecule has 1 aliphatic heterocycles. The van der Waals surface area contributed by atoms with Gasteiger partial charge in [0.2, 0.25) is 5.91 Å². The molecule has 2 rings (SSSR count). The summed E-state index contributed by atoms with van der Waals surface area (Å²) >= 11 is 5.82. The molecule has 0 aliphatic carbocycles. The summed E-state index contributed by atoms with van der Waals surface area (Å²) in [6, 6.07) is 9.58. The van der Waals surface area contributed by atoms with Crippen molar-refractivity contribution in [1.29, 1.82) is 5.26 Å². The van der Waals surface area contributed by atoms with Crippen molar-refractivity contribution in [3.8, 4) is 6.07 Å². The third-order valence-corrected chi connectivity index (χ3v) is 3.37. The van der Waals surface area contributed by atoms with Gasteiger partial charge in [0.15, 0.2) is 0 Å². The van der Waals surface area contributed by atoms with Gasteiger partial charge in [-0.2, -0.15) is 5.26 Å². The molecular weight excluding hydrogens is 236 g/mol. The fourth-order valence-corrected chi connectivity index (χ4v) is 2.32. The number of anilines is 1. The van der Waals surface area contributed by atoms with Gasteiger partial charge in [0.25, 0.3) is 0 Å². The summed E-state index contributed by atoms with van der Waals surface area (Å²) in [5.74, 6) is -0.000370. The standard InChI is InChI=1S/C13H13ClN2O/c1-13(2)10-5-3-4-6-11(10)16(12(13)17)8-9(14)7-15/h3-6,9H,8H2,1-2H3. The molecule has 1 aliphatic rings. The molecule has 0 radical (unpaired) electrons. The second-order valence-electron chi connectivity index (χ2n) is 4.65. The van der Waals surface area contributed by atoms with Crippen molar-refractivity contribution in [2.75, 3.05) is 11.4 Å². The van der Waals surface area contributed by atoms with Gasteiger partial charge < -0.3 is 4.90 Å². The molecule has 88 valence electrons. The maximum atomic E-state index is 12.3. The van der Waals surface area contributed by atoms with Crippen molar-refractivity contribution in [2.24, 2.45) is 0 Å². The Hall–Kier alpha value is -1.53. The van der Waals surface area contributed by atoms with Gasteiger partial charge in [-0.05, 0) is 25.5 Å². The number of fused-ring (bicyclic) bond motifs is 1. The Labute approximate surface area is 106 Å². The van der Waals surface area contributed by atoms with Crippen LogP contribution < -0.4 is 4.90 Å². The third-order valence-electron chi connectivity index (χ3n) is 3.13. The van der Waals surface area contributed by atoms with Crippen LogP contribution >= 0.6 is 11.6 Å². The summed E-state index contributed by atoms with van der Waals surface area (Å²) in [6.45, 7) is 4.02. The van der Waals surface area contributed by atoms with Gasteiger partial charge in [0.1, 0.15) is 5.38 Å². The van der Waals surface area contributed by atoms with Crippen LogP contribution in [0.1, 0.15) is 19.4 Å². The summed E-state index contributed by atoms with van der Waals surface area (Å²) in [5.41, 5.74) is 1.32. The molecule has 0 bridgehead atoms. The van der Waals surface area contributed by atoms with Crippen molar-refractivity contribution in [1.82, 2.24) is 0 Å². The van der Waals surface area contributed by atoms with Crippen LogP contribution in [-0.2, 0) is 10.2 Å². The van der Waals surface area contributed by atoms with Crippen LogP contribution in [0.15, 0.2) is 24.3 Å². The van der Waals surface area contributed by atoms with Crippen molar-refractivity contribution < 1.29 is 4.79 Å². The minimum Gasteiger partial charge on any atom is -0.309 e. The minimum absolute atomic E-state index is 0.000370. The lowest BCUT2D eigenvalue weighted by molar-refractivity contribution is -0.122. The molecule has 0 N–H and O–H groups in total. The second kappa shape index (κ2) is 4.05. The van der Waals surface area contributed by atoms with Crippen LogP contribution in [0.3, 0.4) is 0 Å². The molecule has 0 saturated heterocycles. The number of rotatable bonds is 2. The van der Waals surface area contributed by atoms with Gasteiger partial charge in [0, 0.05) is 5.69 Å². The molecule has 0 aromatic heterocycles. The Morgan fingerprint density at radius 1 is 1.47 bits per heavy atom. The molecule has 1 amide bonds. The Bertz CT molecular complexity index is 504. The van der Waals surface area contributed by atoms with Crippen LogP contribution in [-0.4, -0.2) is 17.8 Å². The van der Waals surface area contributed by atoms with Crippen molar-refractivity contribution in [2.45, 2.75) is 24.6 Å². The number of para-hydroxylation sites is 1. The topological polar surface area (TPSA) is 44.1 Å². The smallest absolute Gasteiger partial charge is 0.237 e. The largest absolute Gasteiger partial charge is 0.309 e. The average Bonchev–Trinajstić information content (AvgIpc) is 2.51. The van der Waals surface area contributed by atoms with Crippen molar-refractivity contribution >= 4 is 23.2 Å². The van der Waals surface area contributed by atoms with E-state index in [1.54, 1.807) is 4.90 Å². The number of hydrogen-bond donors (Lipinski definition) is 0. The number of carbonyl (C=O) groups is 1. The van der Waals surface area contributed by atoms with E-state index in [0.29, 0.717) is 0 Å². The second-order valence-corrected chi connectivity index (χ2v) is 5.18. The number of nitriles is 1. The van der Waals surface area contributed by atoms with Crippen LogP contribution in [0.4, 0.5) is 5.69 Å². The monoisotopic (exact) mass is 248 g/mol. The van der Waals surface area contributed by atoms with Crippen molar-refractivity contribution in [3.63, 3.8) is 0 Å². The lowest BCUT2D eigenvalue weighted by Crippen LogP contribution is -2.39. The van der Waals surface area contributed by atoms with E-state index in [0.717, 1.165) is 11.3 Å². The van der Waals surface area contributed by atoms with Crippen LogP contribution in [0.2, 0.25) is 0 Å². The third kappa shape index (κ3) is 1.79. The predicted octanol–water partition coefficient (Wildman–Crippen LogP) is 2.44. The normalized spacial score (nSPS) is 18.7. The molecule has 1 heterocycles. The number of carbonyl (C=O) groups excluding carboxylic acids is 1. The number of alkyl halides is 1. The first kappa shape index (κ1) is 11.9. The van der Waals surface area contributed by atoms with E-state index < -0.39 is 10.8 Å². The first-order valence-electron chi connectivity index (χ1n) is 5.43. The zero-order chi connectivity index (χ0) is 12.6. The molecule has 4 heteroatoms. The number of halogens is 1. The van der Waals surface area contributed by atoms with Gasteiger partial charge in [-0.25, -0.2) is 0 Å².